The van der Waals surface area contributed by atoms with Gasteiger partial charge in [0.05, 0.1) is 6.61 Å². The third kappa shape index (κ3) is 3.81. The number of rotatable bonds is 5. The number of nitrogens with two attached hydrogens (primary N) is 1. The van der Waals surface area contributed by atoms with Crippen LogP contribution in [0.3, 0.4) is 0 Å². The Bertz CT molecular complexity index is 429. The summed E-state index contributed by atoms with van der Waals surface area (Å²) in [5.41, 5.74) is 7.48. The Morgan fingerprint density at radius 1 is 1.40 bits per heavy atom. The number of piperidine rings is 1. The summed E-state index contributed by atoms with van der Waals surface area (Å²) in [6.07, 6.45) is 3.06. The van der Waals surface area contributed by atoms with Crippen LogP contribution in [-0.2, 0) is 11.2 Å². The predicted octanol–water partition coefficient (Wildman–Crippen LogP) is 1.69. The van der Waals surface area contributed by atoms with Crippen molar-refractivity contribution in [1.82, 2.24) is 4.90 Å². The highest BCUT2D eigenvalue weighted by Gasteiger charge is 2.24. The van der Waals surface area contributed by atoms with Gasteiger partial charge in [0.15, 0.2) is 0 Å². The number of benzene rings is 1. The lowest BCUT2D eigenvalue weighted by Crippen LogP contribution is -2.41. The molecule has 0 aromatic heterocycles. The minimum atomic E-state index is 0.130. The third-order valence-electron chi connectivity index (χ3n) is 3.84. The summed E-state index contributed by atoms with van der Waals surface area (Å²) in [4.78, 5) is 14.4. The predicted molar refractivity (Wildman–Crippen MR) is 79.7 cm³/mol. The molecule has 1 amide bonds. The molecule has 1 fully saturated rings. The van der Waals surface area contributed by atoms with Gasteiger partial charge in [0.1, 0.15) is 0 Å². The van der Waals surface area contributed by atoms with Crippen molar-refractivity contribution in [2.24, 2.45) is 11.7 Å². The highest BCUT2D eigenvalue weighted by atomic mass is 16.5. The lowest BCUT2D eigenvalue weighted by atomic mass is 9.98. The van der Waals surface area contributed by atoms with Gasteiger partial charge in [-0.05, 0) is 49.4 Å². The first-order chi connectivity index (χ1) is 9.74. The summed E-state index contributed by atoms with van der Waals surface area (Å²) in [6.45, 7) is 3.03. The van der Waals surface area contributed by atoms with Crippen LogP contribution in [0.15, 0.2) is 24.3 Å². The minimum Gasteiger partial charge on any atom is -0.384 e. The number of nitrogens with zero attached hydrogens (tertiary/aromatic N) is 1. The molecule has 0 aliphatic carbocycles. The van der Waals surface area contributed by atoms with Crippen molar-refractivity contribution in [2.45, 2.75) is 19.3 Å². The van der Waals surface area contributed by atoms with Crippen LogP contribution < -0.4 is 5.73 Å². The Kier molecular flexibility index (Phi) is 5.56. The molecular formula is C16H24N2O2. The van der Waals surface area contributed by atoms with E-state index in [1.165, 1.54) is 5.56 Å². The highest BCUT2D eigenvalue weighted by Crippen LogP contribution is 2.19. The average Bonchev–Trinajstić information content (AvgIpc) is 2.48. The average molecular weight is 276 g/mol. The minimum absolute atomic E-state index is 0.130. The van der Waals surface area contributed by atoms with Gasteiger partial charge in [-0.25, -0.2) is 0 Å². The zero-order valence-electron chi connectivity index (χ0n) is 12.2. The van der Waals surface area contributed by atoms with Gasteiger partial charge in [0, 0.05) is 25.8 Å². The maximum Gasteiger partial charge on any atom is 0.253 e. The number of ether oxygens (including phenoxy) is 1. The van der Waals surface area contributed by atoms with E-state index >= 15 is 0 Å². The molecule has 1 unspecified atom stereocenters. The van der Waals surface area contributed by atoms with Gasteiger partial charge in [0.2, 0.25) is 0 Å². The molecule has 0 saturated carbocycles. The normalized spacial score (nSPS) is 19.1. The summed E-state index contributed by atoms with van der Waals surface area (Å²) in [5, 5.41) is 0. The van der Waals surface area contributed by atoms with Crippen LogP contribution in [0.4, 0.5) is 0 Å². The summed E-state index contributed by atoms with van der Waals surface area (Å²) in [7, 11) is 1.72. The second kappa shape index (κ2) is 7.41. The van der Waals surface area contributed by atoms with E-state index in [0.29, 0.717) is 12.5 Å². The number of hydrogen-bond donors (Lipinski definition) is 1. The smallest absolute Gasteiger partial charge is 0.253 e. The number of methoxy groups -OCH3 is 1. The quantitative estimate of drug-likeness (QED) is 0.890. The molecule has 1 heterocycles. The van der Waals surface area contributed by atoms with Gasteiger partial charge < -0.3 is 15.4 Å². The Balaban J connectivity index is 1.99. The number of carbonyl (C=O) groups excluding carboxylic acids is 1. The van der Waals surface area contributed by atoms with Crippen LogP contribution in [0.5, 0.6) is 0 Å². The molecule has 0 spiro atoms. The Morgan fingerprint density at radius 3 is 2.80 bits per heavy atom. The standard InChI is InChI=1S/C16H24N2O2/c1-20-12-14-3-2-10-18(11-14)16(19)15-6-4-13(5-7-15)8-9-17/h4-7,14H,2-3,8-12,17H2,1H3. The summed E-state index contributed by atoms with van der Waals surface area (Å²) in [6, 6.07) is 7.81. The summed E-state index contributed by atoms with van der Waals surface area (Å²) < 4.78 is 5.21. The number of amides is 1. The summed E-state index contributed by atoms with van der Waals surface area (Å²) in [5.74, 6) is 0.597. The van der Waals surface area contributed by atoms with Crippen LogP contribution in [0.25, 0.3) is 0 Å². The van der Waals surface area contributed by atoms with Gasteiger partial charge in [-0.15, -0.1) is 0 Å². The SMILES string of the molecule is COCC1CCCN(C(=O)c2ccc(CCN)cc2)C1. The van der Waals surface area contributed by atoms with E-state index in [4.69, 9.17) is 10.5 Å². The number of carbonyl (C=O) groups is 1. The Morgan fingerprint density at radius 2 is 2.15 bits per heavy atom. The second-order valence-corrected chi connectivity index (χ2v) is 5.45. The first kappa shape index (κ1) is 15.0. The molecule has 1 aromatic rings. The Hall–Kier alpha value is -1.39. The molecule has 4 nitrogen and oxygen atoms in total. The van der Waals surface area contributed by atoms with Gasteiger partial charge in [-0.3, -0.25) is 4.79 Å². The zero-order chi connectivity index (χ0) is 14.4. The van der Waals surface area contributed by atoms with E-state index in [1.807, 2.05) is 29.2 Å². The second-order valence-electron chi connectivity index (χ2n) is 5.45. The van der Waals surface area contributed by atoms with E-state index < -0.39 is 0 Å². The third-order valence-corrected chi connectivity index (χ3v) is 3.84. The topological polar surface area (TPSA) is 55.6 Å². The molecule has 2 N–H and O–H groups in total. The van der Waals surface area contributed by atoms with E-state index in [2.05, 4.69) is 0 Å². The van der Waals surface area contributed by atoms with E-state index in [1.54, 1.807) is 7.11 Å². The van der Waals surface area contributed by atoms with Gasteiger partial charge in [-0.1, -0.05) is 12.1 Å². The molecule has 110 valence electrons. The van der Waals surface area contributed by atoms with Crippen LogP contribution in [0, 0.1) is 5.92 Å². The fraction of sp³-hybridized carbons (Fsp3) is 0.562. The molecule has 0 radical (unpaired) electrons. The molecule has 2 rings (SSSR count). The van der Waals surface area contributed by atoms with E-state index in [9.17, 15) is 4.79 Å². The van der Waals surface area contributed by atoms with E-state index in [-0.39, 0.29) is 5.91 Å². The molecule has 1 aromatic carbocycles. The molecule has 4 heteroatoms. The molecule has 1 aliphatic rings. The van der Waals surface area contributed by atoms with Crippen molar-refractivity contribution >= 4 is 5.91 Å². The number of hydrogen-bond acceptors (Lipinski definition) is 3. The molecular weight excluding hydrogens is 252 g/mol. The highest BCUT2D eigenvalue weighted by molar-refractivity contribution is 5.94. The van der Waals surface area contributed by atoms with Crippen molar-refractivity contribution in [3.05, 3.63) is 35.4 Å². The van der Waals surface area contributed by atoms with Crippen LogP contribution in [0.2, 0.25) is 0 Å². The molecule has 1 atom stereocenters. The first-order valence-corrected chi connectivity index (χ1v) is 7.32. The van der Waals surface area contributed by atoms with Gasteiger partial charge in [-0.2, -0.15) is 0 Å². The molecule has 1 aliphatic heterocycles. The largest absolute Gasteiger partial charge is 0.384 e. The summed E-state index contributed by atoms with van der Waals surface area (Å²) >= 11 is 0. The molecule has 0 bridgehead atoms. The van der Waals surface area contributed by atoms with Crippen molar-refractivity contribution in [3.8, 4) is 0 Å². The Labute approximate surface area is 120 Å². The van der Waals surface area contributed by atoms with Crippen LogP contribution in [-0.4, -0.2) is 44.2 Å². The molecule has 1 saturated heterocycles. The molecule has 20 heavy (non-hydrogen) atoms. The van der Waals surface area contributed by atoms with Crippen LogP contribution >= 0.6 is 0 Å². The number of likely N-dealkylation sites (tertiary alicyclic amines) is 1. The fourth-order valence-electron chi connectivity index (χ4n) is 2.78. The maximum atomic E-state index is 12.5. The van der Waals surface area contributed by atoms with Crippen LogP contribution in [0.1, 0.15) is 28.8 Å². The zero-order valence-corrected chi connectivity index (χ0v) is 12.2. The van der Waals surface area contributed by atoms with Crippen molar-refractivity contribution in [3.63, 3.8) is 0 Å². The monoisotopic (exact) mass is 276 g/mol. The van der Waals surface area contributed by atoms with Crippen molar-refractivity contribution < 1.29 is 9.53 Å². The van der Waals surface area contributed by atoms with Gasteiger partial charge in [0.25, 0.3) is 5.91 Å². The van der Waals surface area contributed by atoms with Crippen molar-refractivity contribution in [2.75, 3.05) is 33.4 Å². The lowest BCUT2D eigenvalue weighted by molar-refractivity contribution is 0.0571. The fourth-order valence-corrected chi connectivity index (χ4v) is 2.78. The first-order valence-electron chi connectivity index (χ1n) is 7.32. The lowest BCUT2D eigenvalue weighted by Gasteiger charge is -2.32. The van der Waals surface area contributed by atoms with Crippen molar-refractivity contribution in [1.29, 1.82) is 0 Å². The van der Waals surface area contributed by atoms with E-state index in [0.717, 1.165) is 44.5 Å². The van der Waals surface area contributed by atoms with Gasteiger partial charge >= 0.3 is 0 Å². The maximum absolute atomic E-state index is 12.5.